The predicted molar refractivity (Wildman–Crippen MR) is 63.5 cm³/mol. The SMILES string of the molecule is CCCCCCC(O)CCC(C)(C)C. The first-order chi connectivity index (χ1) is 6.45. The molecule has 0 bridgehead atoms. The molecule has 1 nitrogen and oxygen atoms in total. The Morgan fingerprint density at radius 2 is 1.64 bits per heavy atom. The third-order valence-corrected chi connectivity index (χ3v) is 2.62. The molecule has 0 spiro atoms. The maximum Gasteiger partial charge on any atom is 0.0540 e. The van der Waals surface area contributed by atoms with Crippen molar-refractivity contribution in [3.8, 4) is 0 Å². The van der Waals surface area contributed by atoms with Gasteiger partial charge in [-0.1, -0.05) is 53.4 Å². The van der Waals surface area contributed by atoms with Crippen molar-refractivity contribution >= 4 is 0 Å². The van der Waals surface area contributed by atoms with Gasteiger partial charge in [0.25, 0.3) is 0 Å². The summed E-state index contributed by atoms with van der Waals surface area (Å²) in [6, 6.07) is 0. The monoisotopic (exact) mass is 200 g/mol. The van der Waals surface area contributed by atoms with Gasteiger partial charge in [-0.25, -0.2) is 0 Å². The summed E-state index contributed by atoms with van der Waals surface area (Å²) in [4.78, 5) is 0. The maximum atomic E-state index is 9.71. The molecule has 0 radical (unpaired) electrons. The van der Waals surface area contributed by atoms with Crippen molar-refractivity contribution in [3.63, 3.8) is 0 Å². The second-order valence-corrected chi connectivity index (χ2v) is 5.60. The third kappa shape index (κ3) is 10.0. The van der Waals surface area contributed by atoms with Gasteiger partial charge in [0.2, 0.25) is 0 Å². The predicted octanol–water partition coefficient (Wildman–Crippen LogP) is 4.14. The van der Waals surface area contributed by atoms with E-state index in [1.54, 1.807) is 0 Å². The molecule has 0 aliphatic heterocycles. The van der Waals surface area contributed by atoms with E-state index < -0.39 is 0 Å². The molecule has 0 aromatic heterocycles. The highest BCUT2D eigenvalue weighted by Crippen LogP contribution is 2.22. The van der Waals surface area contributed by atoms with Crippen LogP contribution in [0.5, 0.6) is 0 Å². The number of hydrogen-bond donors (Lipinski definition) is 1. The molecule has 1 heteroatoms. The Balaban J connectivity index is 3.32. The quantitative estimate of drug-likeness (QED) is 0.612. The van der Waals surface area contributed by atoms with Crippen LogP contribution in [0.2, 0.25) is 0 Å². The largest absolute Gasteiger partial charge is 0.393 e. The molecule has 0 saturated heterocycles. The Kier molecular flexibility index (Phi) is 7.26. The van der Waals surface area contributed by atoms with Crippen LogP contribution in [0.1, 0.15) is 72.6 Å². The molecular formula is C13H28O. The Hall–Kier alpha value is -0.0400. The summed E-state index contributed by atoms with van der Waals surface area (Å²) in [5, 5.41) is 9.71. The molecule has 0 aliphatic rings. The summed E-state index contributed by atoms with van der Waals surface area (Å²) in [5.41, 5.74) is 0.365. The molecule has 0 fully saturated rings. The van der Waals surface area contributed by atoms with Gasteiger partial charge < -0.3 is 5.11 Å². The van der Waals surface area contributed by atoms with E-state index in [-0.39, 0.29) is 6.10 Å². The zero-order valence-electron chi connectivity index (χ0n) is 10.5. The normalized spacial score (nSPS) is 14.4. The van der Waals surface area contributed by atoms with E-state index >= 15 is 0 Å². The van der Waals surface area contributed by atoms with E-state index in [2.05, 4.69) is 27.7 Å². The minimum Gasteiger partial charge on any atom is -0.393 e. The van der Waals surface area contributed by atoms with Crippen LogP contribution in [0.3, 0.4) is 0 Å². The molecular weight excluding hydrogens is 172 g/mol. The van der Waals surface area contributed by atoms with Crippen LogP contribution in [0, 0.1) is 5.41 Å². The fourth-order valence-corrected chi connectivity index (χ4v) is 1.55. The smallest absolute Gasteiger partial charge is 0.0540 e. The molecule has 86 valence electrons. The lowest BCUT2D eigenvalue weighted by atomic mass is 9.88. The molecule has 14 heavy (non-hydrogen) atoms. The average Bonchev–Trinajstić information content (AvgIpc) is 2.08. The summed E-state index contributed by atoms with van der Waals surface area (Å²) >= 11 is 0. The highest BCUT2D eigenvalue weighted by Gasteiger charge is 2.12. The first kappa shape index (κ1) is 14.0. The molecule has 1 N–H and O–H groups in total. The van der Waals surface area contributed by atoms with Crippen molar-refractivity contribution in [2.45, 2.75) is 78.7 Å². The first-order valence-electron chi connectivity index (χ1n) is 6.14. The standard InChI is InChI=1S/C13H28O/c1-5-6-7-8-9-12(14)10-11-13(2,3)4/h12,14H,5-11H2,1-4H3. The number of unbranched alkanes of at least 4 members (excludes halogenated alkanes) is 3. The van der Waals surface area contributed by atoms with Crippen molar-refractivity contribution < 1.29 is 5.11 Å². The van der Waals surface area contributed by atoms with Crippen molar-refractivity contribution in [3.05, 3.63) is 0 Å². The van der Waals surface area contributed by atoms with Crippen LogP contribution < -0.4 is 0 Å². The second kappa shape index (κ2) is 7.28. The van der Waals surface area contributed by atoms with E-state index in [4.69, 9.17) is 0 Å². The number of aliphatic hydroxyl groups is 1. The van der Waals surface area contributed by atoms with Gasteiger partial charge in [-0.05, 0) is 24.7 Å². The summed E-state index contributed by atoms with van der Waals surface area (Å²) in [5.74, 6) is 0. The molecule has 0 aliphatic carbocycles. The number of rotatable bonds is 7. The minimum atomic E-state index is -0.0638. The van der Waals surface area contributed by atoms with Gasteiger partial charge >= 0.3 is 0 Å². The zero-order chi connectivity index (χ0) is 11.0. The highest BCUT2D eigenvalue weighted by atomic mass is 16.3. The molecule has 0 rings (SSSR count). The van der Waals surface area contributed by atoms with Crippen molar-refractivity contribution in [1.82, 2.24) is 0 Å². The van der Waals surface area contributed by atoms with E-state index in [1.807, 2.05) is 0 Å². The van der Waals surface area contributed by atoms with Gasteiger partial charge in [-0.3, -0.25) is 0 Å². The fraction of sp³-hybridized carbons (Fsp3) is 1.00. The molecule has 1 unspecified atom stereocenters. The number of aliphatic hydroxyl groups excluding tert-OH is 1. The molecule has 1 atom stereocenters. The average molecular weight is 200 g/mol. The van der Waals surface area contributed by atoms with Gasteiger partial charge in [-0.2, -0.15) is 0 Å². The first-order valence-corrected chi connectivity index (χ1v) is 6.14. The summed E-state index contributed by atoms with van der Waals surface area (Å²) in [6.45, 7) is 8.92. The Labute approximate surface area is 89.9 Å². The van der Waals surface area contributed by atoms with Gasteiger partial charge in [-0.15, -0.1) is 0 Å². The van der Waals surface area contributed by atoms with Crippen molar-refractivity contribution in [2.75, 3.05) is 0 Å². The topological polar surface area (TPSA) is 20.2 Å². The van der Waals surface area contributed by atoms with Crippen LogP contribution in [0.25, 0.3) is 0 Å². The van der Waals surface area contributed by atoms with Gasteiger partial charge in [0.15, 0.2) is 0 Å². The minimum absolute atomic E-state index is 0.0638. The zero-order valence-corrected chi connectivity index (χ0v) is 10.5. The van der Waals surface area contributed by atoms with Crippen LogP contribution >= 0.6 is 0 Å². The molecule has 0 amide bonds. The molecule has 0 aromatic rings. The van der Waals surface area contributed by atoms with Gasteiger partial charge in [0.05, 0.1) is 6.10 Å². The van der Waals surface area contributed by atoms with Gasteiger partial charge in [0, 0.05) is 0 Å². The highest BCUT2D eigenvalue weighted by molar-refractivity contribution is 4.65. The lowest BCUT2D eigenvalue weighted by molar-refractivity contribution is 0.133. The summed E-state index contributed by atoms with van der Waals surface area (Å²) in [6.07, 6.45) is 8.09. The van der Waals surface area contributed by atoms with Crippen LogP contribution in [0.15, 0.2) is 0 Å². The maximum absolute atomic E-state index is 9.71. The summed E-state index contributed by atoms with van der Waals surface area (Å²) in [7, 11) is 0. The Morgan fingerprint density at radius 3 is 2.14 bits per heavy atom. The fourth-order valence-electron chi connectivity index (χ4n) is 1.55. The number of hydrogen-bond acceptors (Lipinski definition) is 1. The van der Waals surface area contributed by atoms with Crippen LogP contribution in [0.4, 0.5) is 0 Å². The van der Waals surface area contributed by atoms with E-state index in [0.717, 1.165) is 19.3 Å². The van der Waals surface area contributed by atoms with Crippen LogP contribution in [-0.4, -0.2) is 11.2 Å². The molecule has 0 aromatic carbocycles. The van der Waals surface area contributed by atoms with Crippen molar-refractivity contribution in [1.29, 1.82) is 0 Å². The van der Waals surface area contributed by atoms with E-state index in [0.29, 0.717) is 5.41 Å². The van der Waals surface area contributed by atoms with E-state index in [1.165, 1.54) is 25.7 Å². The Morgan fingerprint density at radius 1 is 1.00 bits per heavy atom. The Bertz CT molecular complexity index is 124. The second-order valence-electron chi connectivity index (χ2n) is 5.60. The van der Waals surface area contributed by atoms with E-state index in [9.17, 15) is 5.11 Å². The third-order valence-electron chi connectivity index (χ3n) is 2.62. The lowest BCUT2D eigenvalue weighted by Crippen LogP contribution is -2.12. The summed E-state index contributed by atoms with van der Waals surface area (Å²) < 4.78 is 0. The van der Waals surface area contributed by atoms with Crippen LogP contribution in [-0.2, 0) is 0 Å². The molecule has 0 saturated carbocycles. The lowest BCUT2D eigenvalue weighted by Gasteiger charge is -2.20. The van der Waals surface area contributed by atoms with Crippen molar-refractivity contribution in [2.24, 2.45) is 5.41 Å². The molecule has 0 heterocycles. The van der Waals surface area contributed by atoms with Gasteiger partial charge in [0.1, 0.15) is 0 Å².